The van der Waals surface area contributed by atoms with Crippen molar-refractivity contribution in [3.8, 4) is 0 Å². The molecule has 2 N–H and O–H groups in total. The number of anilines is 1. The summed E-state index contributed by atoms with van der Waals surface area (Å²) in [5.41, 5.74) is 6.51. The highest BCUT2D eigenvalue weighted by molar-refractivity contribution is 5.28. The van der Waals surface area contributed by atoms with E-state index in [0.29, 0.717) is 11.9 Å². The highest BCUT2D eigenvalue weighted by Crippen LogP contribution is 2.19. The van der Waals surface area contributed by atoms with Crippen molar-refractivity contribution < 1.29 is 4.74 Å². The van der Waals surface area contributed by atoms with Crippen LogP contribution in [-0.4, -0.2) is 37.2 Å². The maximum atomic E-state index is 5.50. The van der Waals surface area contributed by atoms with Crippen LogP contribution in [0.5, 0.6) is 0 Å². The minimum absolute atomic E-state index is 0.587. The predicted molar refractivity (Wildman–Crippen MR) is 75.3 cm³/mol. The predicted octanol–water partition coefficient (Wildman–Crippen LogP) is 2.30. The standard InChI is InChI=1S/C8H13N3.C6H12O/c1-11(2)6-7-4-3-5-8(9)10-7;1-7-6-4-2-3-5-6/h3-5H,6H2,1-2H3,(H2,9,10);6H,2-5H2,1H3. The van der Waals surface area contributed by atoms with Gasteiger partial charge in [0.15, 0.2) is 0 Å². The van der Waals surface area contributed by atoms with Crippen molar-refractivity contribution in [2.75, 3.05) is 26.9 Å². The van der Waals surface area contributed by atoms with Crippen molar-refractivity contribution in [3.63, 3.8) is 0 Å². The van der Waals surface area contributed by atoms with E-state index in [1.54, 1.807) is 13.2 Å². The molecular formula is C14H25N3O. The third-order valence-electron chi connectivity index (χ3n) is 2.94. The lowest BCUT2D eigenvalue weighted by Crippen LogP contribution is -2.12. The summed E-state index contributed by atoms with van der Waals surface area (Å²) in [7, 11) is 5.81. The number of hydrogen-bond donors (Lipinski definition) is 1. The summed E-state index contributed by atoms with van der Waals surface area (Å²) in [6.45, 7) is 0.838. The molecule has 2 rings (SSSR count). The van der Waals surface area contributed by atoms with Crippen LogP contribution < -0.4 is 5.73 Å². The second-order valence-electron chi connectivity index (χ2n) is 4.93. The van der Waals surface area contributed by atoms with Crippen LogP contribution in [-0.2, 0) is 11.3 Å². The van der Waals surface area contributed by atoms with Gasteiger partial charge in [0.1, 0.15) is 5.82 Å². The molecule has 1 aliphatic carbocycles. The van der Waals surface area contributed by atoms with Crippen molar-refractivity contribution in [2.45, 2.75) is 38.3 Å². The average molecular weight is 251 g/mol. The van der Waals surface area contributed by atoms with Crippen LogP contribution in [0.15, 0.2) is 18.2 Å². The Hall–Kier alpha value is -1.13. The average Bonchev–Trinajstić information content (AvgIpc) is 2.81. The fourth-order valence-corrected chi connectivity index (χ4v) is 2.03. The molecule has 0 unspecified atom stereocenters. The molecule has 4 nitrogen and oxygen atoms in total. The van der Waals surface area contributed by atoms with Crippen molar-refractivity contribution in [1.82, 2.24) is 9.88 Å². The van der Waals surface area contributed by atoms with Crippen molar-refractivity contribution in [1.29, 1.82) is 0 Å². The topological polar surface area (TPSA) is 51.4 Å². The van der Waals surface area contributed by atoms with Gasteiger partial charge in [-0.1, -0.05) is 18.9 Å². The summed E-state index contributed by atoms with van der Waals surface area (Å²) < 4.78 is 5.11. The van der Waals surface area contributed by atoms with E-state index in [0.717, 1.165) is 12.2 Å². The molecule has 0 aromatic carbocycles. The quantitative estimate of drug-likeness (QED) is 0.895. The van der Waals surface area contributed by atoms with Crippen molar-refractivity contribution in [3.05, 3.63) is 23.9 Å². The van der Waals surface area contributed by atoms with Gasteiger partial charge in [-0.05, 0) is 39.1 Å². The van der Waals surface area contributed by atoms with Crippen molar-refractivity contribution >= 4 is 5.82 Å². The number of aromatic nitrogens is 1. The zero-order valence-corrected chi connectivity index (χ0v) is 11.7. The molecule has 1 heterocycles. The van der Waals surface area contributed by atoms with Gasteiger partial charge in [-0.15, -0.1) is 0 Å². The molecule has 0 bridgehead atoms. The minimum Gasteiger partial charge on any atom is -0.384 e. The van der Waals surface area contributed by atoms with E-state index < -0.39 is 0 Å². The molecule has 4 heteroatoms. The second kappa shape index (κ2) is 8.06. The van der Waals surface area contributed by atoms with Gasteiger partial charge in [0.05, 0.1) is 11.8 Å². The van der Waals surface area contributed by atoms with Gasteiger partial charge in [0.25, 0.3) is 0 Å². The van der Waals surface area contributed by atoms with E-state index in [9.17, 15) is 0 Å². The number of nitrogens with zero attached hydrogens (tertiary/aromatic N) is 2. The Bertz CT molecular complexity index is 336. The first-order chi connectivity index (χ1) is 8.61. The van der Waals surface area contributed by atoms with E-state index in [-0.39, 0.29) is 0 Å². The number of nitrogen functional groups attached to an aromatic ring is 1. The van der Waals surface area contributed by atoms with Crippen LogP contribution >= 0.6 is 0 Å². The number of rotatable bonds is 3. The summed E-state index contributed by atoms with van der Waals surface area (Å²) in [5, 5.41) is 0. The van der Waals surface area contributed by atoms with Crippen LogP contribution in [0.4, 0.5) is 5.82 Å². The summed E-state index contributed by atoms with van der Waals surface area (Å²) in [5.74, 6) is 0.587. The molecule has 1 aromatic heterocycles. The monoisotopic (exact) mass is 251 g/mol. The molecule has 18 heavy (non-hydrogen) atoms. The number of hydrogen-bond acceptors (Lipinski definition) is 4. The van der Waals surface area contributed by atoms with Crippen LogP contribution in [0.25, 0.3) is 0 Å². The van der Waals surface area contributed by atoms with Gasteiger partial charge >= 0.3 is 0 Å². The molecule has 1 aliphatic rings. The van der Waals surface area contributed by atoms with Gasteiger partial charge < -0.3 is 15.4 Å². The first-order valence-electron chi connectivity index (χ1n) is 6.50. The first-order valence-corrected chi connectivity index (χ1v) is 6.50. The highest BCUT2D eigenvalue weighted by atomic mass is 16.5. The normalized spacial score (nSPS) is 15.6. The number of nitrogens with two attached hydrogens (primary N) is 1. The van der Waals surface area contributed by atoms with Gasteiger partial charge in [-0.3, -0.25) is 0 Å². The Labute approximate surface area is 110 Å². The lowest BCUT2D eigenvalue weighted by Gasteiger charge is -2.08. The van der Waals surface area contributed by atoms with Gasteiger partial charge in [-0.25, -0.2) is 4.98 Å². The molecule has 0 spiro atoms. The molecule has 0 saturated heterocycles. The number of methoxy groups -OCH3 is 1. The zero-order chi connectivity index (χ0) is 13.4. The van der Waals surface area contributed by atoms with Gasteiger partial charge in [0.2, 0.25) is 0 Å². The van der Waals surface area contributed by atoms with E-state index in [2.05, 4.69) is 9.88 Å². The van der Waals surface area contributed by atoms with Crippen LogP contribution in [0.1, 0.15) is 31.4 Å². The van der Waals surface area contributed by atoms with E-state index >= 15 is 0 Å². The minimum atomic E-state index is 0.587. The van der Waals surface area contributed by atoms with E-state index in [1.807, 2.05) is 26.2 Å². The van der Waals surface area contributed by atoms with E-state index in [1.165, 1.54) is 25.7 Å². The summed E-state index contributed by atoms with van der Waals surface area (Å²) in [6, 6.07) is 5.68. The van der Waals surface area contributed by atoms with E-state index in [4.69, 9.17) is 10.5 Å². The molecule has 1 fully saturated rings. The number of pyridine rings is 1. The Kier molecular flexibility index (Phi) is 6.68. The highest BCUT2D eigenvalue weighted by Gasteiger charge is 2.12. The lowest BCUT2D eigenvalue weighted by atomic mass is 10.3. The molecule has 0 radical (unpaired) electrons. The maximum Gasteiger partial charge on any atom is 0.123 e. The second-order valence-corrected chi connectivity index (χ2v) is 4.93. The van der Waals surface area contributed by atoms with Crippen LogP contribution in [0.2, 0.25) is 0 Å². The molecule has 1 aromatic rings. The third kappa shape index (κ3) is 5.98. The summed E-state index contributed by atoms with van der Waals surface area (Å²) >= 11 is 0. The summed E-state index contributed by atoms with van der Waals surface area (Å²) in [6.07, 6.45) is 5.92. The first kappa shape index (κ1) is 14.9. The zero-order valence-electron chi connectivity index (χ0n) is 11.7. The Morgan fingerprint density at radius 3 is 2.44 bits per heavy atom. The van der Waals surface area contributed by atoms with Gasteiger partial charge in [0, 0.05) is 13.7 Å². The largest absolute Gasteiger partial charge is 0.384 e. The number of ether oxygens (including phenoxy) is 1. The third-order valence-corrected chi connectivity index (χ3v) is 2.94. The molecule has 102 valence electrons. The molecule has 1 saturated carbocycles. The van der Waals surface area contributed by atoms with Gasteiger partial charge in [-0.2, -0.15) is 0 Å². The Morgan fingerprint density at radius 2 is 2.00 bits per heavy atom. The fourth-order valence-electron chi connectivity index (χ4n) is 2.03. The SMILES string of the molecule is CN(C)Cc1cccc(N)n1.COC1CCCC1. The lowest BCUT2D eigenvalue weighted by molar-refractivity contribution is 0.109. The summed E-state index contributed by atoms with van der Waals surface area (Å²) in [4.78, 5) is 6.21. The van der Waals surface area contributed by atoms with Crippen LogP contribution in [0, 0.1) is 0 Å². The smallest absolute Gasteiger partial charge is 0.123 e. The Morgan fingerprint density at radius 1 is 1.33 bits per heavy atom. The molecule has 0 amide bonds. The molecular weight excluding hydrogens is 226 g/mol. The van der Waals surface area contributed by atoms with Crippen LogP contribution in [0.3, 0.4) is 0 Å². The van der Waals surface area contributed by atoms with Crippen molar-refractivity contribution in [2.24, 2.45) is 0 Å². The molecule has 0 aliphatic heterocycles. The fraction of sp³-hybridized carbons (Fsp3) is 0.643. The Balaban J connectivity index is 0.000000199. The maximum absolute atomic E-state index is 5.50. The molecule has 0 atom stereocenters.